The number of amides is 1. The number of nitriles is 1. The summed E-state index contributed by atoms with van der Waals surface area (Å²) in [5, 5.41) is 11.5. The van der Waals surface area contributed by atoms with Crippen molar-refractivity contribution in [3.63, 3.8) is 0 Å². The maximum atomic E-state index is 16.4. The van der Waals surface area contributed by atoms with E-state index in [-0.39, 0.29) is 53.8 Å². The van der Waals surface area contributed by atoms with Gasteiger partial charge in [0.15, 0.2) is 5.83 Å². The van der Waals surface area contributed by atoms with E-state index in [4.69, 9.17) is 27.9 Å². The molecule has 0 spiro atoms. The molecule has 5 aliphatic rings. The first-order chi connectivity index (χ1) is 23.7. The number of rotatable bonds is 6. The molecule has 0 N–H and O–H groups in total. The number of fused-ring (bicyclic) bond motifs is 3. The predicted molar refractivity (Wildman–Crippen MR) is 181 cm³/mol. The van der Waals surface area contributed by atoms with Crippen LogP contribution in [0.25, 0.3) is 21.2 Å². The fourth-order valence-corrected chi connectivity index (χ4v) is 8.57. The molecule has 2 aromatic rings. The van der Waals surface area contributed by atoms with Crippen molar-refractivity contribution in [3.8, 4) is 6.07 Å². The van der Waals surface area contributed by atoms with Crippen LogP contribution in [-0.2, 0) is 9.53 Å². The van der Waals surface area contributed by atoms with Crippen LogP contribution in [-0.4, -0.2) is 90.0 Å². The normalized spacial score (nSPS) is 24.8. The van der Waals surface area contributed by atoms with Gasteiger partial charge in [0.05, 0.1) is 16.6 Å². The summed E-state index contributed by atoms with van der Waals surface area (Å²) in [6, 6.07) is 8.97. The minimum Gasteiger partial charge on any atom is -0.475 e. The van der Waals surface area contributed by atoms with Crippen LogP contribution in [0.2, 0.25) is 5.02 Å². The summed E-state index contributed by atoms with van der Waals surface area (Å²) >= 11 is 6.44. The van der Waals surface area contributed by atoms with Crippen molar-refractivity contribution in [2.24, 2.45) is 10.9 Å². The van der Waals surface area contributed by atoms with Crippen LogP contribution in [0.5, 0.6) is 0 Å². The molecule has 4 aliphatic heterocycles. The Labute approximate surface area is 287 Å². The average molecular weight is 687 g/mol. The third-order valence-corrected chi connectivity index (χ3v) is 11.0. The minimum atomic E-state index is -1.11. The lowest BCUT2D eigenvalue weighted by molar-refractivity contribution is -0.132. The van der Waals surface area contributed by atoms with Gasteiger partial charge in [-0.05, 0) is 67.9 Å². The van der Waals surface area contributed by atoms with E-state index in [1.165, 1.54) is 17.0 Å². The molecule has 12 heteroatoms. The molecule has 0 bridgehead atoms. The summed E-state index contributed by atoms with van der Waals surface area (Å²) in [5.41, 5.74) is 1.10. The van der Waals surface area contributed by atoms with Crippen LogP contribution in [0.15, 0.2) is 77.0 Å². The number of nitrogens with zero attached hydrogens (tertiary/aromatic N) is 6. The summed E-state index contributed by atoms with van der Waals surface area (Å²) in [6.07, 6.45) is 7.18. The van der Waals surface area contributed by atoms with Crippen LogP contribution < -0.4 is 0 Å². The molecule has 4 heterocycles. The number of allylic oxidation sites excluding steroid dienone is 2. The van der Waals surface area contributed by atoms with Crippen molar-refractivity contribution >= 4 is 39.8 Å². The van der Waals surface area contributed by atoms with Gasteiger partial charge in [-0.15, -0.1) is 0 Å². The molecule has 7 rings (SSSR count). The third kappa shape index (κ3) is 5.69. The van der Waals surface area contributed by atoms with E-state index >= 15 is 4.39 Å². The zero-order valence-corrected chi connectivity index (χ0v) is 27.5. The van der Waals surface area contributed by atoms with Gasteiger partial charge >= 0.3 is 0 Å². The Morgan fingerprint density at radius 3 is 2.65 bits per heavy atom. The molecular formula is C37H34ClF3N6O2. The van der Waals surface area contributed by atoms with Gasteiger partial charge in [-0.2, -0.15) is 5.26 Å². The molecule has 3 atom stereocenters. The fourth-order valence-electron chi connectivity index (χ4n) is 8.29. The van der Waals surface area contributed by atoms with Crippen molar-refractivity contribution in [2.45, 2.75) is 43.3 Å². The number of carbonyl (C=O) groups is 1. The van der Waals surface area contributed by atoms with Crippen molar-refractivity contribution in [3.05, 3.63) is 99.8 Å². The third-order valence-electron chi connectivity index (χ3n) is 10.6. The Hall–Kier alpha value is -4.58. The van der Waals surface area contributed by atoms with Crippen molar-refractivity contribution in [1.82, 2.24) is 14.7 Å². The summed E-state index contributed by atoms with van der Waals surface area (Å²) in [5.74, 6) is -3.78. The van der Waals surface area contributed by atoms with Gasteiger partial charge < -0.3 is 19.4 Å². The first kappa shape index (κ1) is 32.9. The molecule has 1 amide bonds. The van der Waals surface area contributed by atoms with Crippen LogP contribution in [0, 0.1) is 29.6 Å². The minimum absolute atomic E-state index is 0.0698. The molecule has 0 radical (unpaired) electrons. The maximum Gasteiger partial charge on any atom is 0.282 e. The van der Waals surface area contributed by atoms with Crippen molar-refractivity contribution in [1.29, 1.82) is 5.26 Å². The quantitative estimate of drug-likeness (QED) is 0.252. The highest BCUT2D eigenvalue weighted by Crippen LogP contribution is 2.44. The second-order valence-corrected chi connectivity index (χ2v) is 13.6. The number of dihydropyridines is 1. The van der Waals surface area contributed by atoms with Gasteiger partial charge in [0, 0.05) is 42.2 Å². The number of ether oxygens (including phenoxy) is 1. The Morgan fingerprint density at radius 2 is 1.94 bits per heavy atom. The molecular weight excluding hydrogens is 653 g/mol. The molecule has 0 saturated carbocycles. The highest BCUT2D eigenvalue weighted by Gasteiger charge is 2.47. The zero-order chi connectivity index (χ0) is 34.4. The zero-order valence-electron chi connectivity index (χ0n) is 26.8. The predicted octanol–water partition coefficient (Wildman–Crippen LogP) is 6.62. The Kier molecular flexibility index (Phi) is 8.76. The SMILES string of the molecule is [C-]#[N+]C[C@H]1CN(C2=C(C#N)C(OCC34CCCN3CCC4)=NC3C=C(c4cccc5ccc(F)c(Cl)c45)C(F)=CC23)CCN1C(=O)C(=C)F. The molecule has 252 valence electrons. The van der Waals surface area contributed by atoms with Gasteiger partial charge in [0.1, 0.15) is 35.9 Å². The van der Waals surface area contributed by atoms with Crippen molar-refractivity contribution < 1.29 is 22.7 Å². The number of halogens is 4. The highest BCUT2D eigenvalue weighted by atomic mass is 35.5. The van der Waals surface area contributed by atoms with E-state index in [0.717, 1.165) is 38.8 Å². The van der Waals surface area contributed by atoms with Crippen LogP contribution >= 0.6 is 11.6 Å². The second kappa shape index (κ2) is 13.0. The number of hydrogen-bond donors (Lipinski definition) is 0. The summed E-state index contributed by atoms with van der Waals surface area (Å²) in [4.78, 5) is 26.7. The highest BCUT2D eigenvalue weighted by molar-refractivity contribution is 6.36. The lowest BCUT2D eigenvalue weighted by Crippen LogP contribution is -2.57. The van der Waals surface area contributed by atoms with Gasteiger partial charge in [0.2, 0.25) is 12.4 Å². The summed E-state index contributed by atoms with van der Waals surface area (Å²) in [6.45, 7) is 13.3. The molecule has 3 fully saturated rings. The number of carbonyl (C=O) groups excluding carboxylic acids is 1. The van der Waals surface area contributed by atoms with Crippen LogP contribution in [0.4, 0.5) is 13.2 Å². The first-order valence-electron chi connectivity index (χ1n) is 16.5. The second-order valence-electron chi connectivity index (χ2n) is 13.2. The Balaban J connectivity index is 1.31. The fraction of sp³-hybridized carbons (Fsp3) is 0.405. The molecule has 8 nitrogen and oxygen atoms in total. The van der Waals surface area contributed by atoms with Crippen molar-refractivity contribution in [2.75, 3.05) is 45.9 Å². The monoisotopic (exact) mass is 686 g/mol. The van der Waals surface area contributed by atoms with E-state index in [0.29, 0.717) is 28.6 Å². The molecule has 2 aromatic carbocycles. The van der Waals surface area contributed by atoms with Gasteiger partial charge in [-0.1, -0.05) is 42.4 Å². The smallest absolute Gasteiger partial charge is 0.282 e. The van der Waals surface area contributed by atoms with Gasteiger partial charge in [0.25, 0.3) is 5.91 Å². The van der Waals surface area contributed by atoms with Crippen LogP contribution in [0.3, 0.4) is 0 Å². The van der Waals surface area contributed by atoms with E-state index in [1.54, 1.807) is 30.3 Å². The topological polar surface area (TPSA) is 76.5 Å². The molecule has 0 aromatic heterocycles. The summed E-state index contributed by atoms with van der Waals surface area (Å²) in [7, 11) is 0. The number of benzene rings is 2. The van der Waals surface area contributed by atoms with E-state index in [2.05, 4.69) is 22.4 Å². The average Bonchev–Trinajstić information content (AvgIpc) is 3.68. The molecule has 49 heavy (non-hydrogen) atoms. The van der Waals surface area contributed by atoms with Crippen LogP contribution in [0.1, 0.15) is 31.2 Å². The number of hydrogen-bond acceptors (Lipinski definition) is 6. The largest absolute Gasteiger partial charge is 0.475 e. The Morgan fingerprint density at radius 1 is 1.16 bits per heavy atom. The summed E-state index contributed by atoms with van der Waals surface area (Å²) < 4.78 is 51.5. The molecule has 2 unspecified atom stereocenters. The van der Waals surface area contributed by atoms with Gasteiger partial charge in [-0.3, -0.25) is 9.69 Å². The number of aliphatic imine (C=N–C) groups is 1. The maximum absolute atomic E-state index is 16.4. The van der Waals surface area contributed by atoms with E-state index in [9.17, 15) is 18.8 Å². The van der Waals surface area contributed by atoms with Gasteiger partial charge in [-0.25, -0.2) is 24.7 Å². The lowest BCUT2D eigenvalue weighted by Gasteiger charge is -2.44. The first-order valence-corrected chi connectivity index (χ1v) is 16.8. The molecule has 1 aliphatic carbocycles. The Bertz CT molecular complexity index is 1950. The van der Waals surface area contributed by atoms with E-state index in [1.807, 2.05) is 4.90 Å². The standard InChI is InChI=1S/C37H34ClF3N6O2/c1-22(39)36(48)47-15-14-45(20-24(47)19-43-2)34-27-16-30(41)26(25-7-3-6-23-8-9-29(40)33(38)32(23)25)17-31(27)44-35(28(34)18-42)49-21-37-10-4-12-46(37)13-5-11-37/h3,6-9,16-17,24,27,31H,1,4-5,10-15,19-21H2/t24-,27?,31?/m0/s1. The van der Waals surface area contributed by atoms with E-state index < -0.39 is 41.4 Å². The number of piperazine rings is 1. The molecule has 3 saturated heterocycles. The lowest BCUT2D eigenvalue weighted by atomic mass is 9.81.